The van der Waals surface area contributed by atoms with E-state index in [0.717, 1.165) is 23.4 Å². The van der Waals surface area contributed by atoms with Crippen LogP contribution < -0.4 is 5.73 Å². The van der Waals surface area contributed by atoms with E-state index in [1.165, 1.54) is 32.1 Å². The summed E-state index contributed by atoms with van der Waals surface area (Å²) in [7, 11) is 0. The number of imidazole rings is 1. The second kappa shape index (κ2) is 5.11. The third-order valence-electron chi connectivity index (χ3n) is 4.80. The van der Waals surface area contributed by atoms with E-state index >= 15 is 0 Å². The molecule has 0 aromatic carbocycles. The molecule has 2 unspecified atom stereocenters. The Labute approximate surface area is 120 Å². The van der Waals surface area contributed by atoms with E-state index in [2.05, 4.69) is 33.2 Å². The van der Waals surface area contributed by atoms with Crippen LogP contribution in [-0.4, -0.2) is 19.3 Å². The molecule has 0 aliphatic heterocycles. The molecule has 1 aliphatic carbocycles. The molecule has 5 nitrogen and oxygen atoms in total. The first kappa shape index (κ1) is 13.5. The van der Waals surface area contributed by atoms with Crippen LogP contribution in [0.15, 0.2) is 0 Å². The molecule has 3 rings (SSSR count). The fourth-order valence-electron chi connectivity index (χ4n) is 3.76. The number of rotatable bonds is 3. The minimum Gasteiger partial charge on any atom is -0.369 e. The van der Waals surface area contributed by atoms with Crippen molar-refractivity contribution in [3.05, 3.63) is 5.69 Å². The Morgan fingerprint density at radius 1 is 1.25 bits per heavy atom. The number of fused-ring (bicyclic) bond motifs is 1. The molecule has 2 aromatic rings. The van der Waals surface area contributed by atoms with Crippen LogP contribution in [0.25, 0.3) is 11.2 Å². The van der Waals surface area contributed by atoms with Crippen molar-refractivity contribution in [2.45, 2.75) is 65.5 Å². The van der Waals surface area contributed by atoms with E-state index in [9.17, 15) is 0 Å². The summed E-state index contributed by atoms with van der Waals surface area (Å²) in [6.07, 6.45) is 6.36. The van der Waals surface area contributed by atoms with Crippen LogP contribution in [0, 0.1) is 12.8 Å². The second-order valence-electron chi connectivity index (χ2n) is 5.93. The minimum atomic E-state index is 0.486. The molecule has 0 spiro atoms. The Kier molecular flexibility index (Phi) is 3.44. The highest BCUT2D eigenvalue weighted by Crippen LogP contribution is 2.39. The van der Waals surface area contributed by atoms with Crippen molar-refractivity contribution in [1.29, 1.82) is 0 Å². The number of hydrogen-bond donors (Lipinski definition) is 1. The Morgan fingerprint density at radius 2 is 2.00 bits per heavy atom. The molecule has 110 valence electrons. The van der Waals surface area contributed by atoms with Crippen LogP contribution in [-0.2, 0) is 6.54 Å². The van der Waals surface area contributed by atoms with Crippen LogP contribution in [0.5, 0.6) is 0 Å². The maximum Gasteiger partial charge on any atom is 0.202 e. The molecule has 5 heteroatoms. The summed E-state index contributed by atoms with van der Waals surface area (Å²) < 4.78 is 4.32. The molecule has 2 aromatic heterocycles. The van der Waals surface area contributed by atoms with Crippen molar-refractivity contribution >= 4 is 17.1 Å². The van der Waals surface area contributed by atoms with E-state index in [1.807, 2.05) is 6.92 Å². The zero-order valence-electron chi connectivity index (χ0n) is 12.8. The lowest BCUT2D eigenvalue weighted by atomic mass is 9.82. The summed E-state index contributed by atoms with van der Waals surface area (Å²) in [5.74, 6) is 1.37. The number of aromatic nitrogens is 4. The van der Waals surface area contributed by atoms with Gasteiger partial charge in [0.25, 0.3) is 0 Å². The Balaban J connectivity index is 2.16. The lowest BCUT2D eigenvalue weighted by Crippen LogP contribution is -2.25. The van der Waals surface area contributed by atoms with E-state index < -0.39 is 0 Å². The van der Waals surface area contributed by atoms with Crippen molar-refractivity contribution in [2.75, 3.05) is 5.73 Å². The van der Waals surface area contributed by atoms with Crippen LogP contribution in [0.4, 0.5) is 5.95 Å². The van der Waals surface area contributed by atoms with E-state index in [4.69, 9.17) is 5.73 Å². The predicted octanol–water partition coefficient (Wildman–Crippen LogP) is 3.28. The van der Waals surface area contributed by atoms with E-state index in [0.29, 0.717) is 17.9 Å². The van der Waals surface area contributed by atoms with Gasteiger partial charge in [-0.3, -0.25) is 4.57 Å². The van der Waals surface area contributed by atoms with Gasteiger partial charge in [0.1, 0.15) is 5.52 Å². The van der Waals surface area contributed by atoms with Gasteiger partial charge in [-0.2, -0.15) is 5.10 Å². The molecule has 0 amide bonds. The molecular weight excluding hydrogens is 250 g/mol. The maximum atomic E-state index is 6.25. The second-order valence-corrected chi connectivity index (χ2v) is 5.93. The van der Waals surface area contributed by atoms with E-state index in [-0.39, 0.29) is 0 Å². The zero-order chi connectivity index (χ0) is 14.3. The van der Waals surface area contributed by atoms with Gasteiger partial charge >= 0.3 is 0 Å². The summed E-state index contributed by atoms with van der Waals surface area (Å²) in [6, 6.07) is 0.486. The molecule has 0 bridgehead atoms. The molecule has 0 saturated heterocycles. The van der Waals surface area contributed by atoms with Crippen LogP contribution in [0.2, 0.25) is 0 Å². The topological polar surface area (TPSA) is 61.7 Å². The first-order valence-electron chi connectivity index (χ1n) is 7.88. The number of nitrogen functional groups attached to an aromatic ring is 1. The molecule has 2 atom stereocenters. The van der Waals surface area contributed by atoms with Gasteiger partial charge in [0.15, 0.2) is 5.65 Å². The fourth-order valence-corrected chi connectivity index (χ4v) is 3.76. The van der Waals surface area contributed by atoms with Gasteiger partial charge in [-0.1, -0.05) is 26.2 Å². The van der Waals surface area contributed by atoms with Crippen LogP contribution in [0.3, 0.4) is 0 Å². The molecule has 2 heterocycles. The predicted molar refractivity (Wildman–Crippen MR) is 81.6 cm³/mol. The third kappa shape index (κ3) is 1.91. The molecule has 20 heavy (non-hydrogen) atoms. The van der Waals surface area contributed by atoms with Gasteiger partial charge in [0, 0.05) is 12.6 Å². The number of nitrogens with zero attached hydrogens (tertiary/aromatic N) is 4. The average molecular weight is 275 g/mol. The number of anilines is 1. The minimum absolute atomic E-state index is 0.486. The third-order valence-corrected chi connectivity index (χ3v) is 4.80. The highest BCUT2D eigenvalue weighted by atomic mass is 15.4. The zero-order valence-corrected chi connectivity index (χ0v) is 12.8. The SMILES string of the molecule is CCC1CCCCC1n1c(N)nc2c(C)nn(CC)c21. The first-order chi connectivity index (χ1) is 9.67. The standard InChI is InChI=1S/C15H25N5/c1-4-11-8-6-7-9-12(11)20-14-13(17-15(20)16)10(3)18-19(14)5-2/h11-12H,4-9H2,1-3H3,(H2,16,17). The average Bonchev–Trinajstić information content (AvgIpc) is 2.95. The summed E-state index contributed by atoms with van der Waals surface area (Å²) in [5.41, 5.74) is 9.33. The normalized spacial score (nSPS) is 23.6. The van der Waals surface area contributed by atoms with Gasteiger partial charge in [0.05, 0.1) is 5.69 Å². The van der Waals surface area contributed by atoms with Gasteiger partial charge in [-0.05, 0) is 32.6 Å². The molecule has 1 saturated carbocycles. The largest absolute Gasteiger partial charge is 0.369 e. The monoisotopic (exact) mass is 275 g/mol. The van der Waals surface area contributed by atoms with Crippen LogP contribution in [0.1, 0.15) is 57.7 Å². The highest BCUT2D eigenvalue weighted by Gasteiger charge is 2.30. The highest BCUT2D eigenvalue weighted by molar-refractivity contribution is 5.77. The Hall–Kier alpha value is -1.52. The molecule has 1 fully saturated rings. The molecule has 1 aliphatic rings. The van der Waals surface area contributed by atoms with Crippen molar-refractivity contribution in [2.24, 2.45) is 5.92 Å². The number of nitrogens with two attached hydrogens (primary N) is 1. The smallest absolute Gasteiger partial charge is 0.202 e. The van der Waals surface area contributed by atoms with Gasteiger partial charge < -0.3 is 5.73 Å². The number of hydrogen-bond acceptors (Lipinski definition) is 3. The lowest BCUT2D eigenvalue weighted by molar-refractivity contribution is 0.237. The summed E-state index contributed by atoms with van der Waals surface area (Å²) in [4.78, 5) is 4.58. The van der Waals surface area contributed by atoms with Gasteiger partial charge in [-0.15, -0.1) is 0 Å². The quantitative estimate of drug-likeness (QED) is 0.935. The van der Waals surface area contributed by atoms with Crippen molar-refractivity contribution in [3.8, 4) is 0 Å². The lowest BCUT2D eigenvalue weighted by Gasteiger charge is -2.32. The molecular formula is C15H25N5. The first-order valence-corrected chi connectivity index (χ1v) is 7.88. The fraction of sp³-hybridized carbons (Fsp3) is 0.733. The Bertz CT molecular complexity index is 609. The summed E-state index contributed by atoms with van der Waals surface area (Å²) >= 11 is 0. The summed E-state index contributed by atoms with van der Waals surface area (Å²) in [5, 5.41) is 4.59. The number of aryl methyl sites for hydroxylation is 2. The van der Waals surface area contributed by atoms with Crippen LogP contribution >= 0.6 is 0 Å². The van der Waals surface area contributed by atoms with Crippen molar-refractivity contribution in [1.82, 2.24) is 19.3 Å². The van der Waals surface area contributed by atoms with Gasteiger partial charge in [-0.25, -0.2) is 9.67 Å². The Morgan fingerprint density at radius 3 is 2.70 bits per heavy atom. The molecule has 0 radical (unpaired) electrons. The van der Waals surface area contributed by atoms with Gasteiger partial charge in [0.2, 0.25) is 5.95 Å². The van der Waals surface area contributed by atoms with Crippen molar-refractivity contribution in [3.63, 3.8) is 0 Å². The molecule has 2 N–H and O–H groups in total. The van der Waals surface area contributed by atoms with Crippen molar-refractivity contribution < 1.29 is 0 Å². The summed E-state index contributed by atoms with van der Waals surface area (Å²) in [6.45, 7) is 7.29. The maximum absolute atomic E-state index is 6.25. The van der Waals surface area contributed by atoms with E-state index in [1.54, 1.807) is 0 Å².